The van der Waals surface area contributed by atoms with Crippen molar-refractivity contribution in [2.75, 3.05) is 11.9 Å². The molecule has 94 valence electrons. The third-order valence-electron chi connectivity index (χ3n) is 2.15. The average Bonchev–Trinajstić information content (AvgIpc) is 2.28. The molecule has 7 heteroatoms. The monoisotopic (exact) mass is 317 g/mol. The Kier molecular flexibility index (Phi) is 4.57. The number of halogens is 4. The summed E-state index contributed by atoms with van der Waals surface area (Å²) in [7, 11) is 0. The number of anilines is 1. The van der Waals surface area contributed by atoms with Crippen molar-refractivity contribution < 1.29 is 13.2 Å². The van der Waals surface area contributed by atoms with E-state index in [-0.39, 0.29) is 11.3 Å². The van der Waals surface area contributed by atoms with Gasteiger partial charge in [0.05, 0.1) is 17.3 Å². The molecule has 0 heterocycles. The molecule has 0 aliphatic heterocycles. The summed E-state index contributed by atoms with van der Waals surface area (Å²) < 4.78 is 37.7. The van der Waals surface area contributed by atoms with Gasteiger partial charge in [-0.3, -0.25) is 0 Å². The molecule has 3 nitrogen and oxygen atoms in total. The number of benzene rings is 1. The number of hydrogen-bond acceptors (Lipinski definition) is 3. The zero-order valence-corrected chi connectivity index (χ0v) is 10.5. The van der Waals surface area contributed by atoms with Crippen LogP contribution in [0.2, 0.25) is 0 Å². The van der Waals surface area contributed by atoms with Crippen LogP contribution in [0.15, 0.2) is 22.7 Å². The summed E-state index contributed by atoms with van der Waals surface area (Å²) in [5.74, 6) is -2.11. The maximum absolute atomic E-state index is 12.3. The number of nitriles is 2. The molecule has 0 radical (unpaired) electrons. The Labute approximate surface area is 110 Å². The summed E-state index contributed by atoms with van der Waals surface area (Å²) >= 11 is 3.15. The van der Waals surface area contributed by atoms with E-state index in [0.717, 1.165) is 0 Å². The van der Waals surface area contributed by atoms with Crippen LogP contribution in [0, 0.1) is 28.6 Å². The maximum Gasteiger partial charge on any atom is 0.406 e. The lowest BCUT2D eigenvalue weighted by Crippen LogP contribution is -2.28. The highest BCUT2D eigenvalue weighted by molar-refractivity contribution is 9.10. The van der Waals surface area contributed by atoms with E-state index >= 15 is 0 Å². The summed E-state index contributed by atoms with van der Waals surface area (Å²) in [4.78, 5) is 0. The maximum atomic E-state index is 12.3. The van der Waals surface area contributed by atoms with Crippen LogP contribution in [0.25, 0.3) is 0 Å². The number of nitrogens with zero attached hydrogens (tertiary/aromatic N) is 2. The van der Waals surface area contributed by atoms with Crippen molar-refractivity contribution in [2.45, 2.75) is 6.18 Å². The Balaban J connectivity index is 2.84. The second kappa shape index (κ2) is 5.74. The van der Waals surface area contributed by atoms with E-state index in [1.54, 1.807) is 6.07 Å². The normalized spacial score (nSPS) is 12.3. The Morgan fingerprint density at radius 2 is 2.00 bits per heavy atom. The minimum atomic E-state index is -4.58. The van der Waals surface area contributed by atoms with Gasteiger partial charge >= 0.3 is 6.18 Å². The Morgan fingerprint density at radius 3 is 2.50 bits per heavy atom. The van der Waals surface area contributed by atoms with Gasteiger partial charge in [0.25, 0.3) is 0 Å². The molecular weight excluding hydrogens is 311 g/mol. The van der Waals surface area contributed by atoms with E-state index in [2.05, 4.69) is 21.2 Å². The van der Waals surface area contributed by atoms with Crippen molar-refractivity contribution in [3.8, 4) is 12.1 Å². The van der Waals surface area contributed by atoms with Crippen molar-refractivity contribution in [3.05, 3.63) is 28.2 Å². The molecule has 0 aliphatic carbocycles. The number of alkyl halides is 3. The topological polar surface area (TPSA) is 59.6 Å². The molecule has 0 saturated carbocycles. The van der Waals surface area contributed by atoms with Crippen molar-refractivity contribution >= 4 is 21.6 Å². The fraction of sp³-hybridized carbons (Fsp3) is 0.273. The van der Waals surface area contributed by atoms with Crippen LogP contribution in [-0.2, 0) is 0 Å². The van der Waals surface area contributed by atoms with Crippen LogP contribution in [0.3, 0.4) is 0 Å². The summed E-state index contributed by atoms with van der Waals surface area (Å²) in [5, 5.41) is 19.7. The zero-order chi connectivity index (χ0) is 13.8. The first-order chi connectivity index (χ1) is 8.38. The fourth-order valence-corrected chi connectivity index (χ4v) is 1.57. The number of hydrogen-bond donors (Lipinski definition) is 1. The molecule has 0 fully saturated rings. The molecule has 1 aromatic carbocycles. The minimum absolute atomic E-state index is 0.220. The zero-order valence-electron chi connectivity index (χ0n) is 8.92. The summed E-state index contributed by atoms with van der Waals surface area (Å²) in [6, 6.07) is 7.61. The molecule has 0 saturated heterocycles. The Morgan fingerprint density at radius 1 is 1.33 bits per heavy atom. The van der Waals surface area contributed by atoms with Crippen molar-refractivity contribution in [1.29, 1.82) is 10.5 Å². The van der Waals surface area contributed by atoms with Gasteiger partial charge in [-0.2, -0.15) is 23.7 Å². The van der Waals surface area contributed by atoms with Crippen LogP contribution >= 0.6 is 15.9 Å². The molecule has 1 N–H and O–H groups in total. The van der Waals surface area contributed by atoms with Gasteiger partial charge in [0.1, 0.15) is 6.07 Å². The average molecular weight is 318 g/mol. The SMILES string of the molecule is N#Cc1ccc(Br)cc1NCC(C#N)C(F)(F)F. The van der Waals surface area contributed by atoms with Gasteiger partial charge in [0.15, 0.2) is 5.92 Å². The Bertz CT molecular complexity index is 514. The molecule has 1 atom stereocenters. The first-order valence-corrected chi connectivity index (χ1v) is 5.57. The minimum Gasteiger partial charge on any atom is -0.382 e. The second-order valence-corrected chi connectivity index (χ2v) is 4.32. The van der Waals surface area contributed by atoms with E-state index < -0.39 is 18.6 Å². The quantitative estimate of drug-likeness (QED) is 0.929. The van der Waals surface area contributed by atoms with Gasteiger partial charge in [-0.15, -0.1) is 0 Å². The summed E-state index contributed by atoms with van der Waals surface area (Å²) in [6.07, 6.45) is -4.58. The number of rotatable bonds is 3. The summed E-state index contributed by atoms with van der Waals surface area (Å²) in [5.41, 5.74) is 0.480. The van der Waals surface area contributed by atoms with Crippen LogP contribution in [-0.4, -0.2) is 12.7 Å². The summed E-state index contributed by atoms with van der Waals surface area (Å²) in [6.45, 7) is -0.592. The predicted molar refractivity (Wildman–Crippen MR) is 62.5 cm³/mol. The van der Waals surface area contributed by atoms with Gasteiger partial charge in [-0.1, -0.05) is 15.9 Å². The third-order valence-corrected chi connectivity index (χ3v) is 2.64. The van der Waals surface area contributed by atoms with Gasteiger partial charge in [-0.05, 0) is 18.2 Å². The van der Waals surface area contributed by atoms with Gasteiger partial charge in [-0.25, -0.2) is 0 Å². The van der Waals surface area contributed by atoms with Gasteiger partial charge < -0.3 is 5.32 Å². The molecule has 18 heavy (non-hydrogen) atoms. The van der Waals surface area contributed by atoms with E-state index in [0.29, 0.717) is 4.47 Å². The third kappa shape index (κ3) is 3.64. The fourth-order valence-electron chi connectivity index (χ4n) is 1.21. The van der Waals surface area contributed by atoms with Crippen LogP contribution in [0.5, 0.6) is 0 Å². The van der Waals surface area contributed by atoms with E-state index in [9.17, 15) is 13.2 Å². The molecule has 0 spiro atoms. The molecule has 0 bridgehead atoms. The van der Waals surface area contributed by atoms with Crippen LogP contribution < -0.4 is 5.32 Å². The molecule has 1 aromatic rings. The highest BCUT2D eigenvalue weighted by Crippen LogP contribution is 2.27. The standard InChI is InChI=1S/C11H7BrF3N3/c12-9-2-1-7(4-16)10(3-9)18-6-8(5-17)11(13,14)15/h1-3,8,18H,6H2. The van der Waals surface area contributed by atoms with E-state index in [1.807, 2.05) is 6.07 Å². The van der Waals surface area contributed by atoms with Crippen molar-refractivity contribution in [3.63, 3.8) is 0 Å². The molecule has 0 aliphatic rings. The highest BCUT2D eigenvalue weighted by atomic mass is 79.9. The molecule has 1 rings (SSSR count). The second-order valence-electron chi connectivity index (χ2n) is 3.41. The van der Waals surface area contributed by atoms with E-state index in [4.69, 9.17) is 10.5 Å². The lowest BCUT2D eigenvalue weighted by molar-refractivity contribution is -0.155. The molecular formula is C11H7BrF3N3. The van der Waals surface area contributed by atoms with Crippen molar-refractivity contribution in [2.24, 2.45) is 5.92 Å². The molecule has 0 aromatic heterocycles. The predicted octanol–water partition coefficient (Wildman–Crippen LogP) is 3.43. The van der Waals surface area contributed by atoms with Gasteiger partial charge in [0.2, 0.25) is 0 Å². The lowest BCUT2D eigenvalue weighted by Gasteiger charge is -2.15. The molecule has 0 amide bonds. The first kappa shape index (κ1) is 14.3. The van der Waals surface area contributed by atoms with Crippen LogP contribution in [0.1, 0.15) is 5.56 Å². The first-order valence-electron chi connectivity index (χ1n) is 4.78. The number of nitrogens with one attached hydrogen (secondary N) is 1. The smallest absolute Gasteiger partial charge is 0.382 e. The van der Waals surface area contributed by atoms with Crippen molar-refractivity contribution in [1.82, 2.24) is 0 Å². The van der Waals surface area contributed by atoms with Gasteiger partial charge in [0, 0.05) is 11.0 Å². The Hall–Kier alpha value is -1.73. The van der Waals surface area contributed by atoms with Crippen LogP contribution in [0.4, 0.5) is 18.9 Å². The van der Waals surface area contributed by atoms with E-state index in [1.165, 1.54) is 18.2 Å². The molecule has 1 unspecified atom stereocenters. The highest BCUT2D eigenvalue weighted by Gasteiger charge is 2.39. The lowest BCUT2D eigenvalue weighted by atomic mass is 10.1. The largest absolute Gasteiger partial charge is 0.406 e.